The van der Waals surface area contributed by atoms with Crippen molar-refractivity contribution in [2.24, 2.45) is 23.5 Å². The fraction of sp³-hybridized carbons (Fsp3) is 0.536. The number of aliphatic hydroxyl groups is 3. The highest BCUT2D eigenvalue weighted by Crippen LogP contribution is 2.57. The molecule has 1 heterocycles. The lowest BCUT2D eigenvalue weighted by Crippen LogP contribution is -2.65. The zero-order valence-electron chi connectivity index (χ0n) is 22.0. The molecule has 1 saturated heterocycles. The Morgan fingerprint density at radius 2 is 1.87 bits per heavy atom. The second-order valence-electron chi connectivity index (χ2n) is 11.7. The van der Waals surface area contributed by atoms with Crippen LogP contribution in [0.25, 0.3) is 5.76 Å². The number of likely N-dealkylation sites (tertiary alicyclic amines) is 1. The lowest BCUT2D eigenvalue weighted by molar-refractivity contribution is -0.153. The maximum atomic E-state index is 16.3. The van der Waals surface area contributed by atoms with E-state index in [2.05, 4.69) is 4.90 Å². The number of ketones is 2. The van der Waals surface area contributed by atoms with Crippen LogP contribution in [0.15, 0.2) is 16.9 Å². The van der Waals surface area contributed by atoms with E-state index < -0.39 is 63.9 Å². The van der Waals surface area contributed by atoms with Crippen LogP contribution in [-0.4, -0.2) is 86.5 Å². The number of nitrogens with zero attached hydrogens (tertiary/aromatic N) is 2. The van der Waals surface area contributed by atoms with Crippen LogP contribution in [0.1, 0.15) is 48.1 Å². The van der Waals surface area contributed by atoms with Gasteiger partial charge in [0.2, 0.25) is 5.78 Å². The number of benzene rings is 1. The van der Waals surface area contributed by atoms with E-state index in [1.54, 1.807) is 0 Å². The molecule has 5 aliphatic rings. The van der Waals surface area contributed by atoms with Gasteiger partial charge in [0.1, 0.15) is 28.7 Å². The molecule has 0 spiro atoms. The number of carbonyl (C=O) groups excluding carboxylic acids is 3. The van der Waals surface area contributed by atoms with Gasteiger partial charge >= 0.3 is 0 Å². The van der Waals surface area contributed by atoms with Crippen molar-refractivity contribution in [1.82, 2.24) is 9.80 Å². The maximum absolute atomic E-state index is 16.3. The zero-order chi connectivity index (χ0) is 28.3. The number of aromatic hydroxyl groups is 1. The van der Waals surface area contributed by atoms with Crippen molar-refractivity contribution in [3.05, 3.63) is 45.0 Å². The smallest absolute Gasteiger partial charge is 0.255 e. The molecule has 11 heteroatoms. The van der Waals surface area contributed by atoms with E-state index in [4.69, 9.17) is 5.73 Å². The highest BCUT2D eigenvalue weighted by molar-refractivity contribution is 6.24. The monoisotopic (exact) mass is 541 g/mol. The van der Waals surface area contributed by atoms with Gasteiger partial charge in [-0.15, -0.1) is 0 Å². The van der Waals surface area contributed by atoms with Gasteiger partial charge in [0.05, 0.1) is 11.6 Å². The molecule has 1 aliphatic heterocycles. The lowest BCUT2D eigenvalue weighted by atomic mass is 9.57. The summed E-state index contributed by atoms with van der Waals surface area (Å²) in [5, 5.41) is 45.4. The lowest BCUT2D eigenvalue weighted by Gasteiger charge is -2.50. The van der Waals surface area contributed by atoms with Crippen LogP contribution >= 0.6 is 0 Å². The molecular formula is C28H32FN3O7. The van der Waals surface area contributed by atoms with E-state index in [1.807, 2.05) is 6.92 Å². The molecule has 2 fully saturated rings. The van der Waals surface area contributed by atoms with E-state index in [9.17, 15) is 34.8 Å². The number of amides is 1. The predicted molar refractivity (Wildman–Crippen MR) is 136 cm³/mol. The van der Waals surface area contributed by atoms with Gasteiger partial charge in [0.25, 0.3) is 5.91 Å². The van der Waals surface area contributed by atoms with Crippen LogP contribution in [0, 0.1) is 23.6 Å². The van der Waals surface area contributed by atoms with Gasteiger partial charge in [-0.2, -0.15) is 0 Å². The number of primary amides is 1. The van der Waals surface area contributed by atoms with E-state index in [0.29, 0.717) is 17.5 Å². The maximum Gasteiger partial charge on any atom is 0.255 e. The van der Waals surface area contributed by atoms with Gasteiger partial charge in [-0.05, 0) is 64.7 Å². The second-order valence-corrected chi connectivity index (χ2v) is 11.7. The molecule has 1 saturated carbocycles. The van der Waals surface area contributed by atoms with Gasteiger partial charge < -0.3 is 26.2 Å². The molecule has 1 amide bonds. The molecule has 6 rings (SSSR count). The molecule has 208 valence electrons. The average molecular weight is 542 g/mol. The van der Waals surface area contributed by atoms with Gasteiger partial charge in [-0.3, -0.25) is 24.2 Å². The minimum absolute atomic E-state index is 0.0509. The minimum atomic E-state index is -2.71. The Bertz CT molecular complexity index is 1430. The Morgan fingerprint density at radius 3 is 2.49 bits per heavy atom. The summed E-state index contributed by atoms with van der Waals surface area (Å²) in [6, 6.07) is -1.35. The number of nitrogens with two attached hydrogens (primary N) is 1. The molecule has 6 N–H and O–H groups in total. The Kier molecular flexibility index (Phi) is 5.57. The number of rotatable bonds is 3. The molecule has 10 nitrogen and oxygen atoms in total. The van der Waals surface area contributed by atoms with Crippen molar-refractivity contribution in [3.8, 4) is 5.75 Å². The van der Waals surface area contributed by atoms with Crippen LogP contribution in [0.2, 0.25) is 0 Å². The Morgan fingerprint density at radius 1 is 1.18 bits per heavy atom. The summed E-state index contributed by atoms with van der Waals surface area (Å²) in [7, 11) is 3.07. The second kappa shape index (κ2) is 8.36. The van der Waals surface area contributed by atoms with Crippen LogP contribution in [0.5, 0.6) is 5.75 Å². The number of aliphatic hydroxyl groups excluding tert-OH is 2. The molecule has 4 aliphatic carbocycles. The van der Waals surface area contributed by atoms with Crippen molar-refractivity contribution in [2.75, 3.05) is 27.2 Å². The third-order valence-corrected chi connectivity index (χ3v) is 9.76. The standard InChI is InChI=1S/C28H32FN3O7/c1-4-32-6-5-10-7-13-16(20(10)32)19(29)12-8-11-9-14-21(31(2)3)24(35)18(27(30)38)26(37)28(14,39)25(36)15(11)23(34)17(12)22(13)33/h10-11,14,20-21,33-34,37,39H,4-9H2,1-3H3,(H2,30,38)/t10?,11-,14-,20?,21-,28-/m0/s1. The Balaban J connectivity index is 1.55. The van der Waals surface area contributed by atoms with E-state index in [1.165, 1.54) is 19.0 Å². The number of hydrogen-bond donors (Lipinski definition) is 5. The minimum Gasteiger partial charge on any atom is -0.508 e. The van der Waals surface area contributed by atoms with Gasteiger partial charge in [-0.1, -0.05) is 6.92 Å². The van der Waals surface area contributed by atoms with E-state index in [0.717, 1.165) is 19.5 Å². The van der Waals surface area contributed by atoms with Crippen molar-refractivity contribution >= 4 is 23.2 Å². The van der Waals surface area contributed by atoms with E-state index in [-0.39, 0.29) is 47.3 Å². The van der Waals surface area contributed by atoms with Gasteiger partial charge in [0.15, 0.2) is 11.4 Å². The third-order valence-electron chi connectivity index (χ3n) is 9.76. The Hall–Kier alpha value is -3.28. The summed E-state index contributed by atoms with van der Waals surface area (Å²) < 4.78 is 16.3. The SMILES string of the molecule is CCN1CCC2Cc3c(O)c4c(c(F)c3C21)C[C@H]1C[C@H]2[C@H](N(C)C)C(=O)C(C(N)=O)=C(O)[C@@]2(O)C(=O)C1=C4O. The molecule has 6 atom stereocenters. The van der Waals surface area contributed by atoms with Crippen molar-refractivity contribution in [2.45, 2.75) is 50.3 Å². The topological polar surface area (TPSA) is 165 Å². The normalized spacial score (nSPS) is 33.7. The average Bonchev–Trinajstić information content (AvgIpc) is 3.44. The fourth-order valence-corrected chi connectivity index (χ4v) is 8.10. The predicted octanol–water partition coefficient (Wildman–Crippen LogP) is 1.04. The van der Waals surface area contributed by atoms with Crippen molar-refractivity contribution in [1.29, 1.82) is 0 Å². The number of Topliss-reactive ketones (excluding diaryl/α,β-unsaturated/α-hetero) is 2. The number of halogens is 1. The molecule has 0 radical (unpaired) electrons. The third kappa shape index (κ3) is 3.09. The number of fused-ring (bicyclic) bond motifs is 6. The molecule has 39 heavy (non-hydrogen) atoms. The first kappa shape index (κ1) is 26.0. The van der Waals surface area contributed by atoms with Gasteiger partial charge in [0, 0.05) is 34.2 Å². The highest BCUT2D eigenvalue weighted by atomic mass is 19.1. The summed E-state index contributed by atoms with van der Waals surface area (Å²) in [6.45, 7) is 3.57. The number of likely N-dealkylation sites (N-methyl/N-ethyl adjacent to an activating group) is 1. The first-order chi connectivity index (χ1) is 18.4. The summed E-state index contributed by atoms with van der Waals surface area (Å²) >= 11 is 0. The molecular weight excluding hydrogens is 509 g/mol. The fourth-order valence-electron chi connectivity index (χ4n) is 8.10. The van der Waals surface area contributed by atoms with Crippen LogP contribution in [-0.2, 0) is 27.2 Å². The summed E-state index contributed by atoms with van der Waals surface area (Å²) in [5.41, 5.74) is 2.27. The first-order valence-corrected chi connectivity index (χ1v) is 13.3. The number of phenols is 1. The molecule has 1 aromatic rings. The number of phenolic OH excluding ortho intramolecular Hbond substituents is 1. The summed E-state index contributed by atoms with van der Waals surface area (Å²) in [5.74, 6) is -7.67. The van der Waals surface area contributed by atoms with Crippen molar-refractivity contribution in [3.63, 3.8) is 0 Å². The molecule has 0 bridgehead atoms. The van der Waals surface area contributed by atoms with Crippen molar-refractivity contribution < 1.29 is 39.2 Å². The number of carbonyl (C=O) groups is 3. The highest BCUT2D eigenvalue weighted by Gasteiger charge is 2.64. The van der Waals surface area contributed by atoms with Gasteiger partial charge in [-0.25, -0.2) is 4.39 Å². The van der Waals surface area contributed by atoms with Crippen LogP contribution in [0.4, 0.5) is 4.39 Å². The summed E-state index contributed by atoms with van der Waals surface area (Å²) in [4.78, 5) is 42.8. The molecule has 1 aromatic carbocycles. The zero-order valence-corrected chi connectivity index (χ0v) is 22.0. The van der Waals surface area contributed by atoms with E-state index >= 15 is 4.39 Å². The Labute approximate surface area is 224 Å². The summed E-state index contributed by atoms with van der Waals surface area (Å²) in [6.07, 6.45) is 1.17. The van der Waals surface area contributed by atoms with Crippen LogP contribution in [0.3, 0.4) is 0 Å². The quantitative estimate of drug-likeness (QED) is 0.352. The largest absolute Gasteiger partial charge is 0.508 e. The van der Waals surface area contributed by atoms with Crippen LogP contribution < -0.4 is 5.73 Å². The number of hydrogen-bond acceptors (Lipinski definition) is 9. The molecule has 0 aromatic heterocycles. The first-order valence-electron chi connectivity index (χ1n) is 13.3. The molecule has 2 unspecified atom stereocenters.